The van der Waals surface area contributed by atoms with Crippen molar-refractivity contribution in [3.05, 3.63) is 69.3 Å². The molecule has 0 saturated carbocycles. The zero-order chi connectivity index (χ0) is 18.4. The molecule has 0 amide bonds. The Balaban J connectivity index is 2.07. The molecule has 1 aliphatic heterocycles. The van der Waals surface area contributed by atoms with Crippen molar-refractivity contribution in [2.24, 2.45) is 0 Å². The first-order chi connectivity index (χ1) is 12.5. The average Bonchev–Trinajstić information content (AvgIpc) is 3.00. The van der Waals surface area contributed by atoms with Gasteiger partial charge in [0.25, 0.3) is 0 Å². The third-order valence-corrected chi connectivity index (χ3v) is 5.35. The second-order valence-electron chi connectivity index (χ2n) is 5.99. The van der Waals surface area contributed by atoms with Crippen LogP contribution in [0.2, 0.25) is 10.0 Å². The van der Waals surface area contributed by atoms with Crippen molar-refractivity contribution in [2.45, 2.75) is 13.0 Å². The lowest BCUT2D eigenvalue weighted by molar-refractivity contribution is -0.136. The molecule has 132 valence electrons. The molecule has 2 heterocycles. The Kier molecular flexibility index (Phi) is 4.13. The van der Waals surface area contributed by atoms with E-state index in [0.717, 1.165) is 11.0 Å². The molecule has 26 heavy (non-hydrogen) atoms. The zero-order valence-electron chi connectivity index (χ0n) is 14.1. The highest BCUT2D eigenvalue weighted by Crippen LogP contribution is 2.43. The van der Waals surface area contributed by atoms with Crippen LogP contribution in [-0.4, -0.2) is 22.6 Å². The van der Waals surface area contributed by atoms with Crippen molar-refractivity contribution < 1.29 is 9.53 Å². The minimum Gasteiger partial charge on any atom is -0.466 e. The number of nitrogens with one attached hydrogen (secondary N) is 1. The molecule has 0 radical (unpaired) electrons. The van der Waals surface area contributed by atoms with Gasteiger partial charge >= 0.3 is 5.97 Å². The fourth-order valence-corrected chi connectivity index (χ4v) is 3.78. The number of hydrogen-bond acceptors (Lipinski definition) is 4. The highest BCUT2D eigenvalue weighted by molar-refractivity contribution is 6.42. The van der Waals surface area contributed by atoms with Crippen LogP contribution in [0.25, 0.3) is 11.0 Å². The first-order valence-electron chi connectivity index (χ1n) is 8.00. The third-order valence-electron chi connectivity index (χ3n) is 4.51. The summed E-state index contributed by atoms with van der Waals surface area (Å²) in [4.78, 5) is 17.2. The number of nitrogens with zero attached hydrogens (tertiary/aromatic N) is 2. The summed E-state index contributed by atoms with van der Waals surface area (Å²) < 4.78 is 6.99. The van der Waals surface area contributed by atoms with Gasteiger partial charge in [0.15, 0.2) is 0 Å². The normalized spacial score (nSPS) is 16.4. The van der Waals surface area contributed by atoms with Crippen molar-refractivity contribution in [2.75, 3.05) is 12.4 Å². The molecule has 1 aromatic heterocycles. The van der Waals surface area contributed by atoms with Crippen LogP contribution in [0.3, 0.4) is 0 Å². The minimum atomic E-state index is -0.503. The van der Waals surface area contributed by atoms with E-state index in [1.165, 1.54) is 7.11 Å². The number of fused-ring (bicyclic) bond motifs is 3. The Bertz CT molecular complexity index is 1070. The van der Waals surface area contributed by atoms with Crippen LogP contribution in [0.15, 0.2) is 53.7 Å². The highest BCUT2D eigenvalue weighted by Gasteiger charge is 2.35. The highest BCUT2D eigenvalue weighted by atomic mass is 35.5. The number of methoxy groups -OCH3 is 1. The minimum absolute atomic E-state index is 0.402. The van der Waals surface area contributed by atoms with Gasteiger partial charge in [-0.2, -0.15) is 0 Å². The monoisotopic (exact) mass is 387 g/mol. The summed E-state index contributed by atoms with van der Waals surface area (Å²) in [6.45, 7) is 1.82. The Morgan fingerprint density at radius 2 is 1.96 bits per heavy atom. The smallest absolute Gasteiger partial charge is 0.337 e. The second-order valence-corrected chi connectivity index (χ2v) is 6.78. The van der Waals surface area contributed by atoms with Gasteiger partial charge in [0.1, 0.15) is 0 Å². The quantitative estimate of drug-likeness (QED) is 0.641. The van der Waals surface area contributed by atoms with Crippen LogP contribution in [0, 0.1) is 0 Å². The van der Waals surface area contributed by atoms with Gasteiger partial charge in [0.05, 0.1) is 39.8 Å². The lowest BCUT2D eigenvalue weighted by Crippen LogP contribution is -2.28. The van der Waals surface area contributed by atoms with Gasteiger partial charge in [-0.15, -0.1) is 0 Å². The van der Waals surface area contributed by atoms with Crippen LogP contribution >= 0.6 is 23.2 Å². The first kappa shape index (κ1) is 16.9. The van der Waals surface area contributed by atoms with Crippen LogP contribution in [0.4, 0.5) is 5.95 Å². The molecule has 2 aromatic carbocycles. The lowest BCUT2D eigenvalue weighted by atomic mass is 9.95. The van der Waals surface area contributed by atoms with E-state index >= 15 is 0 Å². The number of para-hydroxylation sites is 2. The van der Waals surface area contributed by atoms with Gasteiger partial charge in [-0.1, -0.05) is 47.5 Å². The van der Waals surface area contributed by atoms with Crippen LogP contribution in [-0.2, 0) is 9.53 Å². The number of imidazole rings is 1. The molecule has 0 fully saturated rings. The SMILES string of the molecule is COC(=O)C1=C(C)Nc2nc3ccccc3n2C1c1cccc(Cl)c1Cl. The summed E-state index contributed by atoms with van der Waals surface area (Å²) in [5.74, 6) is 0.205. The summed E-state index contributed by atoms with van der Waals surface area (Å²) >= 11 is 12.8. The molecule has 0 aliphatic carbocycles. The summed E-state index contributed by atoms with van der Waals surface area (Å²) in [7, 11) is 1.36. The summed E-state index contributed by atoms with van der Waals surface area (Å²) in [5, 5.41) is 4.03. The fourth-order valence-electron chi connectivity index (χ4n) is 3.36. The summed E-state index contributed by atoms with van der Waals surface area (Å²) in [6, 6.07) is 12.6. The topological polar surface area (TPSA) is 56.1 Å². The van der Waals surface area contributed by atoms with Gasteiger partial charge in [-0.05, 0) is 30.7 Å². The molecule has 0 saturated heterocycles. The summed E-state index contributed by atoms with van der Waals surface area (Å²) in [6.07, 6.45) is 0. The number of carbonyl (C=O) groups excluding carboxylic acids is 1. The molecule has 1 unspecified atom stereocenters. The maximum absolute atomic E-state index is 12.6. The van der Waals surface area contributed by atoms with Crippen molar-refractivity contribution in [1.29, 1.82) is 0 Å². The van der Waals surface area contributed by atoms with Crippen molar-refractivity contribution in [3.8, 4) is 0 Å². The number of esters is 1. The van der Waals surface area contributed by atoms with E-state index in [9.17, 15) is 4.79 Å². The number of benzene rings is 2. The number of hydrogen-bond donors (Lipinski definition) is 1. The van der Waals surface area contributed by atoms with Crippen LogP contribution in [0.1, 0.15) is 18.5 Å². The van der Waals surface area contributed by atoms with Gasteiger partial charge in [0, 0.05) is 5.70 Å². The van der Waals surface area contributed by atoms with Crippen LogP contribution < -0.4 is 5.32 Å². The fraction of sp³-hybridized carbons (Fsp3) is 0.158. The number of ether oxygens (including phenoxy) is 1. The summed E-state index contributed by atoms with van der Waals surface area (Å²) in [5.41, 5.74) is 3.54. The van der Waals surface area contributed by atoms with Gasteiger partial charge in [-0.3, -0.25) is 4.57 Å². The molecular weight excluding hydrogens is 373 g/mol. The van der Waals surface area contributed by atoms with Crippen LogP contribution in [0.5, 0.6) is 0 Å². The Morgan fingerprint density at radius 1 is 1.19 bits per heavy atom. The molecule has 3 aromatic rings. The van der Waals surface area contributed by atoms with Gasteiger partial charge in [-0.25, -0.2) is 9.78 Å². The zero-order valence-corrected chi connectivity index (χ0v) is 15.6. The van der Waals surface area contributed by atoms with E-state index in [1.807, 2.05) is 47.9 Å². The van der Waals surface area contributed by atoms with E-state index in [1.54, 1.807) is 6.07 Å². The molecule has 1 aliphatic rings. The van der Waals surface area contributed by atoms with E-state index in [0.29, 0.717) is 32.8 Å². The molecule has 0 spiro atoms. The van der Waals surface area contributed by atoms with E-state index in [-0.39, 0.29) is 0 Å². The largest absolute Gasteiger partial charge is 0.466 e. The molecular formula is C19H15Cl2N3O2. The van der Waals surface area contributed by atoms with Crippen molar-refractivity contribution in [1.82, 2.24) is 9.55 Å². The number of aromatic nitrogens is 2. The van der Waals surface area contributed by atoms with Crippen molar-refractivity contribution >= 4 is 46.2 Å². The molecule has 1 atom stereocenters. The number of carbonyl (C=O) groups is 1. The maximum atomic E-state index is 12.6. The van der Waals surface area contributed by atoms with E-state index < -0.39 is 12.0 Å². The Hall–Kier alpha value is -2.50. The number of allylic oxidation sites excluding steroid dienone is 1. The lowest BCUT2D eigenvalue weighted by Gasteiger charge is -2.30. The van der Waals surface area contributed by atoms with Gasteiger partial charge < -0.3 is 10.1 Å². The molecule has 1 N–H and O–H groups in total. The Labute approximate surface area is 160 Å². The predicted octanol–water partition coefficient (Wildman–Crippen LogP) is 4.81. The second kappa shape index (κ2) is 6.34. The van der Waals surface area contributed by atoms with Gasteiger partial charge in [0.2, 0.25) is 5.95 Å². The molecule has 0 bridgehead atoms. The van der Waals surface area contributed by atoms with E-state index in [2.05, 4.69) is 10.3 Å². The average molecular weight is 388 g/mol. The molecule has 5 nitrogen and oxygen atoms in total. The standard InChI is InChI=1S/C19H15Cl2N3O2/c1-10-15(18(25)26-2)17(11-6-5-7-12(20)16(11)21)24-14-9-4-3-8-13(14)23-19(24)22-10/h3-9,17H,1-2H3,(H,22,23). The maximum Gasteiger partial charge on any atom is 0.337 e. The number of rotatable bonds is 2. The molecule has 7 heteroatoms. The van der Waals surface area contributed by atoms with E-state index in [4.69, 9.17) is 27.9 Å². The molecule has 4 rings (SSSR count). The third kappa shape index (κ3) is 2.47. The first-order valence-corrected chi connectivity index (χ1v) is 8.75. The number of halogens is 2. The Morgan fingerprint density at radius 3 is 2.73 bits per heavy atom. The predicted molar refractivity (Wildman–Crippen MR) is 103 cm³/mol. The van der Waals surface area contributed by atoms with Crippen molar-refractivity contribution in [3.63, 3.8) is 0 Å². The number of anilines is 1.